The first kappa shape index (κ1) is 17.2. The van der Waals surface area contributed by atoms with E-state index < -0.39 is 6.10 Å². The van der Waals surface area contributed by atoms with Crippen LogP contribution in [0.5, 0.6) is 5.75 Å². The third-order valence-electron chi connectivity index (χ3n) is 5.81. The Morgan fingerprint density at radius 2 is 1.96 bits per heavy atom. The fraction of sp³-hybridized carbons (Fsp3) is 0.632. The van der Waals surface area contributed by atoms with E-state index in [1.165, 1.54) is 18.4 Å². The van der Waals surface area contributed by atoms with Crippen molar-refractivity contribution in [1.29, 1.82) is 0 Å². The van der Waals surface area contributed by atoms with Gasteiger partial charge in [0.2, 0.25) is 5.91 Å². The van der Waals surface area contributed by atoms with Gasteiger partial charge >= 0.3 is 0 Å². The van der Waals surface area contributed by atoms with Crippen molar-refractivity contribution in [2.75, 3.05) is 13.7 Å². The molecule has 1 aromatic carbocycles. The van der Waals surface area contributed by atoms with Crippen molar-refractivity contribution in [3.05, 3.63) is 29.8 Å². The second kappa shape index (κ2) is 7.11. The molecule has 3 atom stereocenters. The molecule has 0 aromatic heterocycles. The number of aliphatic hydroxyl groups is 1. The summed E-state index contributed by atoms with van der Waals surface area (Å²) in [5.74, 6) is 0.718. The van der Waals surface area contributed by atoms with Gasteiger partial charge in [-0.05, 0) is 43.4 Å². The number of methoxy groups -OCH3 is 1. The number of aliphatic hydroxyl groups excluding tert-OH is 1. The summed E-state index contributed by atoms with van der Waals surface area (Å²) >= 11 is 0. The predicted octanol–water partition coefficient (Wildman–Crippen LogP) is 1.72. The lowest BCUT2D eigenvalue weighted by molar-refractivity contribution is -0.125. The van der Waals surface area contributed by atoms with Crippen LogP contribution < -0.4 is 15.8 Å². The second-order valence-electron chi connectivity index (χ2n) is 7.33. The average molecular weight is 332 g/mol. The molecule has 132 valence electrons. The molecule has 0 saturated heterocycles. The highest BCUT2D eigenvalue weighted by molar-refractivity contribution is 5.79. The van der Waals surface area contributed by atoms with Gasteiger partial charge in [-0.1, -0.05) is 25.0 Å². The molecule has 2 fully saturated rings. The average Bonchev–Trinajstić information content (AvgIpc) is 3.21. The van der Waals surface area contributed by atoms with Crippen molar-refractivity contribution >= 4 is 5.91 Å². The zero-order valence-electron chi connectivity index (χ0n) is 14.3. The summed E-state index contributed by atoms with van der Waals surface area (Å²) in [6, 6.07) is 7.94. The molecule has 5 heteroatoms. The highest BCUT2D eigenvalue weighted by atomic mass is 16.5. The van der Waals surface area contributed by atoms with Gasteiger partial charge in [0.1, 0.15) is 5.75 Å². The Hall–Kier alpha value is -1.59. The third-order valence-corrected chi connectivity index (χ3v) is 5.81. The quantitative estimate of drug-likeness (QED) is 0.766. The van der Waals surface area contributed by atoms with E-state index in [1.807, 2.05) is 12.1 Å². The number of carbonyl (C=O) groups is 1. The van der Waals surface area contributed by atoms with Gasteiger partial charge in [0.25, 0.3) is 0 Å². The molecule has 0 aliphatic heterocycles. The third kappa shape index (κ3) is 3.42. The molecule has 2 saturated carbocycles. The second-order valence-corrected chi connectivity index (χ2v) is 7.33. The van der Waals surface area contributed by atoms with Crippen molar-refractivity contribution in [3.8, 4) is 5.75 Å². The lowest BCUT2D eigenvalue weighted by Crippen LogP contribution is -2.41. The van der Waals surface area contributed by atoms with Crippen LogP contribution in [0.4, 0.5) is 0 Å². The number of nitrogens with two attached hydrogens (primary N) is 1. The van der Waals surface area contributed by atoms with Crippen LogP contribution in [0.15, 0.2) is 24.3 Å². The van der Waals surface area contributed by atoms with E-state index in [0.29, 0.717) is 19.4 Å². The van der Waals surface area contributed by atoms with Gasteiger partial charge in [0.15, 0.2) is 0 Å². The molecule has 0 unspecified atom stereocenters. The largest absolute Gasteiger partial charge is 0.497 e. The molecule has 5 nitrogen and oxygen atoms in total. The van der Waals surface area contributed by atoms with Gasteiger partial charge in [-0.15, -0.1) is 0 Å². The van der Waals surface area contributed by atoms with E-state index in [-0.39, 0.29) is 23.3 Å². The van der Waals surface area contributed by atoms with Crippen molar-refractivity contribution < 1.29 is 14.6 Å². The molecule has 0 bridgehead atoms. The molecule has 4 N–H and O–H groups in total. The maximum absolute atomic E-state index is 12.5. The summed E-state index contributed by atoms with van der Waals surface area (Å²) in [6.45, 7) is 0.653. The smallest absolute Gasteiger partial charge is 0.223 e. The summed E-state index contributed by atoms with van der Waals surface area (Å²) in [4.78, 5) is 12.5. The molecule has 3 rings (SSSR count). The lowest BCUT2D eigenvalue weighted by atomic mass is 9.78. The van der Waals surface area contributed by atoms with Crippen molar-refractivity contribution in [2.24, 2.45) is 11.7 Å². The van der Waals surface area contributed by atoms with Gasteiger partial charge in [-0.2, -0.15) is 0 Å². The first-order valence-electron chi connectivity index (χ1n) is 8.90. The minimum Gasteiger partial charge on any atom is -0.497 e. The molecular formula is C19H28N2O3. The Labute approximate surface area is 143 Å². The zero-order valence-corrected chi connectivity index (χ0v) is 14.3. The minimum absolute atomic E-state index is 0.0151. The van der Waals surface area contributed by atoms with E-state index in [1.54, 1.807) is 7.11 Å². The van der Waals surface area contributed by atoms with Crippen molar-refractivity contribution in [2.45, 2.75) is 56.1 Å². The summed E-state index contributed by atoms with van der Waals surface area (Å²) in [6.07, 6.45) is 5.05. The molecule has 2 aliphatic rings. The summed E-state index contributed by atoms with van der Waals surface area (Å²) in [5, 5.41) is 12.9. The Kier molecular flexibility index (Phi) is 5.11. The molecule has 2 aliphatic carbocycles. The van der Waals surface area contributed by atoms with E-state index in [2.05, 4.69) is 17.4 Å². The van der Waals surface area contributed by atoms with Crippen LogP contribution in [0.25, 0.3) is 0 Å². The number of carbonyl (C=O) groups excluding carboxylic acids is 1. The number of benzene rings is 1. The van der Waals surface area contributed by atoms with Crippen LogP contribution in [0, 0.1) is 5.92 Å². The molecular weight excluding hydrogens is 304 g/mol. The van der Waals surface area contributed by atoms with Crippen LogP contribution in [-0.2, 0) is 10.2 Å². The zero-order chi connectivity index (χ0) is 17.2. The van der Waals surface area contributed by atoms with E-state index >= 15 is 0 Å². The van der Waals surface area contributed by atoms with Crippen LogP contribution in [-0.4, -0.2) is 36.8 Å². The Bertz CT molecular complexity index is 556. The predicted molar refractivity (Wildman–Crippen MR) is 92.9 cm³/mol. The highest BCUT2D eigenvalue weighted by Crippen LogP contribution is 2.41. The number of ether oxygens (including phenoxy) is 1. The van der Waals surface area contributed by atoms with Crippen LogP contribution in [0.1, 0.15) is 44.1 Å². The maximum Gasteiger partial charge on any atom is 0.223 e. The molecule has 0 radical (unpaired) electrons. The topological polar surface area (TPSA) is 84.6 Å². The Balaban J connectivity index is 1.66. The first-order valence-corrected chi connectivity index (χ1v) is 8.90. The Morgan fingerprint density at radius 1 is 1.29 bits per heavy atom. The van der Waals surface area contributed by atoms with E-state index in [9.17, 15) is 9.90 Å². The summed E-state index contributed by atoms with van der Waals surface area (Å²) in [7, 11) is 1.67. The number of hydrogen-bond donors (Lipinski definition) is 3. The standard InChI is InChI=1S/C19H28N2O3/c1-24-15-6-4-14(5-7-15)19(8-2-3-9-19)12-21-18(23)13-10-16(20)17(22)11-13/h4-7,13,16-17,22H,2-3,8-12,20H2,1H3,(H,21,23)/t13-,16+,17+/m0/s1. The van der Waals surface area contributed by atoms with E-state index in [0.717, 1.165) is 18.6 Å². The van der Waals surface area contributed by atoms with Crippen molar-refractivity contribution in [1.82, 2.24) is 5.32 Å². The fourth-order valence-corrected chi connectivity index (χ4v) is 4.23. The summed E-state index contributed by atoms with van der Waals surface area (Å²) < 4.78 is 5.25. The fourth-order valence-electron chi connectivity index (χ4n) is 4.23. The normalized spacial score (nSPS) is 28.7. The monoisotopic (exact) mass is 332 g/mol. The lowest BCUT2D eigenvalue weighted by Gasteiger charge is -2.30. The van der Waals surface area contributed by atoms with Gasteiger partial charge in [-0.3, -0.25) is 4.79 Å². The maximum atomic E-state index is 12.5. The molecule has 0 spiro atoms. The number of nitrogens with one attached hydrogen (secondary N) is 1. The number of rotatable bonds is 5. The first-order chi connectivity index (χ1) is 11.5. The van der Waals surface area contributed by atoms with Crippen LogP contribution in [0.3, 0.4) is 0 Å². The number of hydrogen-bond acceptors (Lipinski definition) is 4. The SMILES string of the molecule is COc1ccc(C2(CNC(=O)[C@H]3C[C@@H](N)[C@H](O)C3)CCCC2)cc1. The van der Waals surface area contributed by atoms with Gasteiger partial charge in [0.05, 0.1) is 13.2 Å². The van der Waals surface area contributed by atoms with E-state index in [4.69, 9.17) is 10.5 Å². The van der Waals surface area contributed by atoms with Gasteiger partial charge in [0, 0.05) is 23.9 Å². The molecule has 1 amide bonds. The highest BCUT2D eigenvalue weighted by Gasteiger charge is 2.38. The number of amides is 1. The van der Waals surface area contributed by atoms with Crippen molar-refractivity contribution in [3.63, 3.8) is 0 Å². The summed E-state index contributed by atoms with van der Waals surface area (Å²) in [5.41, 5.74) is 7.11. The Morgan fingerprint density at radius 3 is 2.50 bits per heavy atom. The van der Waals surface area contributed by atoms with Gasteiger partial charge < -0.3 is 20.9 Å². The minimum atomic E-state index is -0.553. The van der Waals surface area contributed by atoms with Gasteiger partial charge in [-0.25, -0.2) is 0 Å². The molecule has 1 aromatic rings. The molecule has 24 heavy (non-hydrogen) atoms. The molecule has 0 heterocycles. The van der Waals surface area contributed by atoms with Crippen LogP contribution >= 0.6 is 0 Å². The van der Waals surface area contributed by atoms with Crippen LogP contribution in [0.2, 0.25) is 0 Å².